The van der Waals surface area contributed by atoms with Crippen molar-refractivity contribution in [3.63, 3.8) is 0 Å². The number of thiophene rings is 1. The molecule has 3 nitrogen and oxygen atoms in total. The maximum Gasteiger partial charge on any atom is 0.418 e. The van der Waals surface area contributed by atoms with Crippen LogP contribution in [-0.2, 0) is 16.2 Å². The standard InChI is InChI=1S/C11H6BrClF3NO2S2/c12-7-4-5-20-10(7)21(18,19)17-9-6(11(14,15)16)2-1-3-8(9)13/h1-5,17H. The molecule has 0 spiro atoms. The molecule has 2 aromatic rings. The Hall–Kier alpha value is -0.770. The zero-order valence-electron chi connectivity index (χ0n) is 9.91. The lowest BCUT2D eigenvalue weighted by Crippen LogP contribution is -2.17. The van der Waals surface area contributed by atoms with Crippen molar-refractivity contribution in [2.75, 3.05) is 4.72 Å². The van der Waals surface area contributed by atoms with Gasteiger partial charge in [-0.1, -0.05) is 17.7 Å². The van der Waals surface area contributed by atoms with Crippen LogP contribution in [0, 0.1) is 0 Å². The molecule has 2 rings (SSSR count). The number of para-hydroxylation sites is 1. The number of nitrogens with one attached hydrogen (secondary N) is 1. The first kappa shape index (κ1) is 16.6. The fourth-order valence-electron chi connectivity index (χ4n) is 1.52. The summed E-state index contributed by atoms with van der Waals surface area (Å²) >= 11 is 9.61. The largest absolute Gasteiger partial charge is 0.418 e. The maximum atomic E-state index is 12.9. The van der Waals surface area contributed by atoms with Gasteiger partial charge in [0.2, 0.25) is 0 Å². The summed E-state index contributed by atoms with van der Waals surface area (Å²) in [7, 11) is -4.17. The van der Waals surface area contributed by atoms with Crippen molar-refractivity contribution in [3.8, 4) is 0 Å². The van der Waals surface area contributed by atoms with Crippen LogP contribution < -0.4 is 4.72 Å². The van der Waals surface area contributed by atoms with Crippen LogP contribution in [0.3, 0.4) is 0 Å². The molecule has 0 atom stereocenters. The summed E-state index contributed by atoms with van der Waals surface area (Å²) in [6, 6.07) is 4.52. The molecule has 114 valence electrons. The average molecular weight is 421 g/mol. The van der Waals surface area contributed by atoms with E-state index >= 15 is 0 Å². The van der Waals surface area contributed by atoms with Crippen molar-refractivity contribution in [3.05, 3.63) is 44.7 Å². The lowest BCUT2D eigenvalue weighted by molar-refractivity contribution is -0.136. The van der Waals surface area contributed by atoms with Gasteiger partial charge in [0.05, 0.1) is 16.3 Å². The van der Waals surface area contributed by atoms with Gasteiger partial charge in [-0.2, -0.15) is 13.2 Å². The van der Waals surface area contributed by atoms with Crippen molar-refractivity contribution in [2.45, 2.75) is 10.4 Å². The molecule has 0 fully saturated rings. The van der Waals surface area contributed by atoms with Gasteiger partial charge >= 0.3 is 6.18 Å². The Kier molecular flexibility index (Phi) is 4.57. The minimum absolute atomic E-state index is 0.129. The Morgan fingerprint density at radius 2 is 1.90 bits per heavy atom. The summed E-state index contributed by atoms with van der Waals surface area (Å²) in [5.41, 5.74) is -1.83. The third-order valence-electron chi connectivity index (χ3n) is 2.38. The van der Waals surface area contributed by atoms with Gasteiger partial charge in [-0.3, -0.25) is 4.72 Å². The predicted molar refractivity (Wildman–Crippen MR) is 79.3 cm³/mol. The van der Waals surface area contributed by atoms with Gasteiger partial charge in [0.25, 0.3) is 10.0 Å². The van der Waals surface area contributed by atoms with Crippen molar-refractivity contribution >= 4 is 54.6 Å². The molecule has 0 aliphatic carbocycles. The second-order valence-corrected chi connectivity index (χ2v) is 7.88. The van der Waals surface area contributed by atoms with E-state index in [1.54, 1.807) is 0 Å². The highest BCUT2D eigenvalue weighted by atomic mass is 79.9. The zero-order chi connectivity index (χ0) is 15.8. The first-order valence-corrected chi connectivity index (χ1v) is 8.78. The molecule has 1 aromatic heterocycles. The molecule has 1 heterocycles. The lowest BCUT2D eigenvalue weighted by atomic mass is 10.2. The highest BCUT2D eigenvalue weighted by molar-refractivity contribution is 9.10. The number of anilines is 1. The maximum absolute atomic E-state index is 12.9. The number of alkyl halides is 3. The number of hydrogen-bond acceptors (Lipinski definition) is 3. The molecule has 0 unspecified atom stereocenters. The smallest absolute Gasteiger partial charge is 0.277 e. The number of halogens is 5. The summed E-state index contributed by atoms with van der Waals surface area (Å²) in [4.78, 5) is 0. The number of hydrogen-bond donors (Lipinski definition) is 1. The first-order chi connectivity index (χ1) is 9.63. The summed E-state index contributed by atoms with van der Waals surface area (Å²) < 4.78 is 65.1. The van der Waals surface area contributed by atoms with E-state index in [0.29, 0.717) is 0 Å². The van der Waals surface area contributed by atoms with Gasteiger partial charge in [0.1, 0.15) is 0 Å². The Bertz CT molecular complexity index is 774. The van der Waals surface area contributed by atoms with Crippen LogP contribution >= 0.6 is 38.9 Å². The van der Waals surface area contributed by atoms with E-state index in [4.69, 9.17) is 11.6 Å². The monoisotopic (exact) mass is 419 g/mol. The van der Waals surface area contributed by atoms with Gasteiger partial charge in [-0.25, -0.2) is 8.42 Å². The summed E-state index contributed by atoms with van der Waals surface area (Å²) in [5, 5.41) is 1.16. The quantitative estimate of drug-likeness (QED) is 0.761. The minimum atomic E-state index is -4.73. The molecule has 0 aliphatic rings. The SMILES string of the molecule is O=S(=O)(Nc1c(Cl)cccc1C(F)(F)F)c1sccc1Br. The van der Waals surface area contributed by atoms with Crippen molar-refractivity contribution in [1.29, 1.82) is 0 Å². The van der Waals surface area contributed by atoms with Crippen LogP contribution in [0.25, 0.3) is 0 Å². The van der Waals surface area contributed by atoms with E-state index in [2.05, 4.69) is 15.9 Å². The van der Waals surface area contributed by atoms with E-state index in [1.807, 2.05) is 4.72 Å². The lowest BCUT2D eigenvalue weighted by Gasteiger charge is -2.15. The summed E-state index contributed by atoms with van der Waals surface area (Å²) in [6.45, 7) is 0. The third-order valence-corrected chi connectivity index (χ3v) is 6.72. The highest BCUT2D eigenvalue weighted by Gasteiger charge is 2.36. The minimum Gasteiger partial charge on any atom is -0.277 e. The first-order valence-electron chi connectivity index (χ1n) is 5.24. The molecule has 1 N–H and O–H groups in total. The summed E-state index contributed by atoms with van der Waals surface area (Å²) in [6.07, 6.45) is -4.73. The summed E-state index contributed by atoms with van der Waals surface area (Å²) in [5.74, 6) is 0. The van der Waals surface area contributed by atoms with E-state index in [1.165, 1.54) is 17.5 Å². The normalized spacial score (nSPS) is 12.4. The van der Waals surface area contributed by atoms with E-state index in [9.17, 15) is 21.6 Å². The Balaban J connectivity index is 2.52. The molecule has 0 saturated carbocycles. The van der Waals surface area contributed by atoms with Crippen LogP contribution in [0.1, 0.15) is 5.56 Å². The molecule has 0 radical (unpaired) electrons. The van der Waals surface area contributed by atoms with Gasteiger partial charge < -0.3 is 0 Å². The fourth-order valence-corrected chi connectivity index (χ4v) is 5.23. The van der Waals surface area contributed by atoms with E-state index in [-0.39, 0.29) is 13.7 Å². The van der Waals surface area contributed by atoms with Crippen LogP contribution in [0.5, 0.6) is 0 Å². The van der Waals surface area contributed by atoms with E-state index < -0.39 is 27.5 Å². The third kappa shape index (κ3) is 3.53. The van der Waals surface area contributed by atoms with Gasteiger partial charge in [0.15, 0.2) is 4.21 Å². The highest BCUT2D eigenvalue weighted by Crippen LogP contribution is 2.40. The van der Waals surface area contributed by atoms with Gasteiger partial charge in [0, 0.05) is 4.47 Å². The molecule has 10 heteroatoms. The number of sulfonamides is 1. The van der Waals surface area contributed by atoms with Crippen molar-refractivity contribution < 1.29 is 21.6 Å². The second kappa shape index (κ2) is 5.79. The van der Waals surface area contributed by atoms with Crippen LogP contribution in [0.4, 0.5) is 18.9 Å². The molecule has 0 saturated heterocycles. The van der Waals surface area contributed by atoms with Crippen LogP contribution in [-0.4, -0.2) is 8.42 Å². The molecule has 21 heavy (non-hydrogen) atoms. The number of benzene rings is 1. The molecule has 0 amide bonds. The predicted octanol–water partition coefficient (Wildman–Crippen LogP) is 4.98. The Morgan fingerprint density at radius 1 is 1.24 bits per heavy atom. The van der Waals surface area contributed by atoms with E-state index in [0.717, 1.165) is 23.5 Å². The van der Waals surface area contributed by atoms with Crippen LogP contribution in [0.15, 0.2) is 38.3 Å². The molecule has 1 aromatic carbocycles. The zero-order valence-corrected chi connectivity index (χ0v) is 13.9. The molecule has 0 aliphatic heterocycles. The number of rotatable bonds is 3. The second-order valence-electron chi connectivity index (χ2n) is 3.82. The molecule has 0 bridgehead atoms. The Morgan fingerprint density at radius 3 is 2.43 bits per heavy atom. The van der Waals surface area contributed by atoms with Crippen molar-refractivity contribution in [1.82, 2.24) is 0 Å². The van der Waals surface area contributed by atoms with Crippen molar-refractivity contribution in [2.24, 2.45) is 0 Å². The van der Waals surface area contributed by atoms with Crippen LogP contribution in [0.2, 0.25) is 5.02 Å². The van der Waals surface area contributed by atoms with Gasteiger partial charge in [-0.15, -0.1) is 11.3 Å². The van der Waals surface area contributed by atoms with Gasteiger partial charge in [-0.05, 0) is 39.5 Å². The molecular formula is C11H6BrClF3NO2S2. The average Bonchev–Trinajstić information content (AvgIpc) is 2.77. The Labute approximate surface area is 135 Å². The molecular weight excluding hydrogens is 415 g/mol. The topological polar surface area (TPSA) is 46.2 Å². The fraction of sp³-hybridized carbons (Fsp3) is 0.0909.